The Bertz CT molecular complexity index is 994. The standard InChI is InChI=1S/C25H28N2O6/c1-15(12-22(28)29)13-26-24(30)23-21(10-11-32-23)27-25(31)33-14-20-18-8-4-2-6-16(18)17-7-3-5-9-19(17)20/h2-9,15,20-21,23H,10-14H2,1H3,(H,26,30)(H,27,31)(H,28,29)/t15?,21-,23+/m0/s1. The summed E-state index contributed by atoms with van der Waals surface area (Å²) in [6.07, 6.45) is -0.966. The van der Waals surface area contributed by atoms with Crippen LogP contribution < -0.4 is 10.6 Å². The molecule has 3 atom stereocenters. The lowest BCUT2D eigenvalue weighted by molar-refractivity contribution is -0.138. The van der Waals surface area contributed by atoms with Crippen molar-refractivity contribution in [2.75, 3.05) is 19.8 Å². The number of fused-ring (bicyclic) bond motifs is 3. The number of hydrogen-bond donors (Lipinski definition) is 3. The van der Waals surface area contributed by atoms with Gasteiger partial charge in [-0.15, -0.1) is 0 Å². The summed E-state index contributed by atoms with van der Waals surface area (Å²) in [5, 5.41) is 14.3. The summed E-state index contributed by atoms with van der Waals surface area (Å²) < 4.78 is 11.1. The number of benzene rings is 2. The van der Waals surface area contributed by atoms with Gasteiger partial charge in [-0.1, -0.05) is 55.5 Å². The van der Waals surface area contributed by atoms with Gasteiger partial charge >= 0.3 is 12.1 Å². The smallest absolute Gasteiger partial charge is 0.407 e. The third-order valence-electron chi connectivity index (χ3n) is 6.14. The lowest BCUT2D eigenvalue weighted by Crippen LogP contribution is -2.49. The molecule has 0 bridgehead atoms. The van der Waals surface area contributed by atoms with Crippen molar-refractivity contribution >= 4 is 18.0 Å². The van der Waals surface area contributed by atoms with Crippen molar-refractivity contribution in [1.29, 1.82) is 0 Å². The second-order valence-corrected chi connectivity index (χ2v) is 8.60. The number of aliphatic carboxylic acids is 1. The van der Waals surface area contributed by atoms with Gasteiger partial charge in [0, 0.05) is 25.5 Å². The summed E-state index contributed by atoms with van der Waals surface area (Å²) in [5.41, 5.74) is 4.56. The molecule has 33 heavy (non-hydrogen) atoms. The normalized spacial score (nSPS) is 19.9. The van der Waals surface area contributed by atoms with Crippen LogP contribution in [0.25, 0.3) is 11.1 Å². The maximum absolute atomic E-state index is 12.5. The molecule has 1 aliphatic heterocycles. The average Bonchev–Trinajstić information content (AvgIpc) is 3.38. The van der Waals surface area contributed by atoms with E-state index < -0.39 is 24.2 Å². The molecule has 1 saturated heterocycles. The van der Waals surface area contributed by atoms with E-state index in [4.69, 9.17) is 14.6 Å². The number of carbonyl (C=O) groups excluding carboxylic acids is 2. The number of ether oxygens (including phenoxy) is 2. The zero-order valence-corrected chi connectivity index (χ0v) is 18.5. The predicted octanol–water partition coefficient (Wildman–Crippen LogP) is 2.91. The van der Waals surface area contributed by atoms with Crippen molar-refractivity contribution < 1.29 is 29.0 Å². The minimum absolute atomic E-state index is 0.0345. The van der Waals surface area contributed by atoms with Gasteiger partial charge in [-0.2, -0.15) is 0 Å². The van der Waals surface area contributed by atoms with Crippen LogP contribution in [0, 0.1) is 5.92 Å². The third kappa shape index (κ3) is 5.17. The molecule has 4 rings (SSSR count). The van der Waals surface area contributed by atoms with Crippen LogP contribution in [0.15, 0.2) is 48.5 Å². The minimum atomic E-state index is -0.913. The number of carbonyl (C=O) groups is 3. The Morgan fingerprint density at radius 1 is 1.09 bits per heavy atom. The van der Waals surface area contributed by atoms with Gasteiger partial charge in [-0.25, -0.2) is 4.79 Å². The third-order valence-corrected chi connectivity index (χ3v) is 6.14. The number of amides is 2. The van der Waals surface area contributed by atoms with Gasteiger partial charge in [0.2, 0.25) is 0 Å². The predicted molar refractivity (Wildman–Crippen MR) is 121 cm³/mol. The fraction of sp³-hybridized carbons (Fsp3) is 0.400. The van der Waals surface area contributed by atoms with Crippen LogP contribution in [-0.2, 0) is 19.1 Å². The molecule has 2 aromatic rings. The van der Waals surface area contributed by atoms with Gasteiger partial charge in [0.25, 0.3) is 5.91 Å². The van der Waals surface area contributed by atoms with Gasteiger partial charge in [-0.3, -0.25) is 9.59 Å². The molecule has 1 aliphatic carbocycles. The maximum atomic E-state index is 12.5. The number of carboxylic acids is 1. The van der Waals surface area contributed by atoms with Gasteiger partial charge in [0.05, 0.1) is 6.04 Å². The summed E-state index contributed by atoms with van der Waals surface area (Å²) in [5.74, 6) is -1.53. The van der Waals surface area contributed by atoms with Crippen molar-refractivity contribution in [3.05, 3.63) is 59.7 Å². The van der Waals surface area contributed by atoms with Crippen LogP contribution >= 0.6 is 0 Å². The van der Waals surface area contributed by atoms with E-state index in [2.05, 4.69) is 34.9 Å². The zero-order chi connectivity index (χ0) is 23.4. The van der Waals surface area contributed by atoms with Crippen LogP contribution in [0.5, 0.6) is 0 Å². The molecule has 174 valence electrons. The van der Waals surface area contributed by atoms with E-state index in [1.54, 1.807) is 6.92 Å². The monoisotopic (exact) mass is 452 g/mol. The van der Waals surface area contributed by atoms with Crippen molar-refractivity contribution in [3.63, 3.8) is 0 Å². The Kier molecular flexibility index (Phi) is 6.93. The van der Waals surface area contributed by atoms with Crippen LogP contribution in [0.4, 0.5) is 4.79 Å². The average molecular weight is 453 g/mol. The highest BCUT2D eigenvalue weighted by Gasteiger charge is 2.36. The van der Waals surface area contributed by atoms with Crippen LogP contribution in [0.2, 0.25) is 0 Å². The largest absolute Gasteiger partial charge is 0.481 e. The Labute approximate surface area is 192 Å². The summed E-state index contributed by atoms with van der Waals surface area (Å²) in [7, 11) is 0. The highest BCUT2D eigenvalue weighted by Crippen LogP contribution is 2.44. The first kappa shape index (κ1) is 22.8. The summed E-state index contributed by atoms with van der Waals surface area (Å²) in [6.45, 7) is 2.51. The summed E-state index contributed by atoms with van der Waals surface area (Å²) >= 11 is 0. The van der Waals surface area contributed by atoms with Crippen LogP contribution in [0.3, 0.4) is 0 Å². The molecule has 2 amide bonds. The van der Waals surface area contributed by atoms with E-state index in [1.807, 2.05) is 24.3 Å². The molecule has 8 heteroatoms. The van der Waals surface area contributed by atoms with E-state index >= 15 is 0 Å². The number of nitrogens with one attached hydrogen (secondary N) is 2. The van der Waals surface area contributed by atoms with E-state index in [9.17, 15) is 14.4 Å². The molecule has 0 saturated carbocycles. The Hall–Kier alpha value is -3.39. The fourth-order valence-corrected chi connectivity index (χ4v) is 4.53. The van der Waals surface area contributed by atoms with Crippen molar-refractivity contribution in [2.45, 2.75) is 37.8 Å². The Morgan fingerprint density at radius 3 is 2.36 bits per heavy atom. The summed E-state index contributed by atoms with van der Waals surface area (Å²) in [4.78, 5) is 35.8. The second-order valence-electron chi connectivity index (χ2n) is 8.60. The van der Waals surface area contributed by atoms with E-state index in [-0.39, 0.29) is 37.3 Å². The first-order valence-corrected chi connectivity index (χ1v) is 11.2. The quantitative estimate of drug-likeness (QED) is 0.568. The number of rotatable bonds is 8. The van der Waals surface area contributed by atoms with Gasteiger partial charge < -0.3 is 25.2 Å². The molecule has 2 aliphatic rings. The van der Waals surface area contributed by atoms with Gasteiger partial charge in [-0.05, 0) is 34.6 Å². The minimum Gasteiger partial charge on any atom is -0.481 e. The SMILES string of the molecule is CC(CNC(=O)[C@@H]1OCC[C@@H]1NC(=O)OCC1c2ccccc2-c2ccccc21)CC(=O)O. The molecule has 0 radical (unpaired) electrons. The highest BCUT2D eigenvalue weighted by atomic mass is 16.6. The van der Waals surface area contributed by atoms with Crippen molar-refractivity contribution in [3.8, 4) is 11.1 Å². The van der Waals surface area contributed by atoms with Gasteiger partial charge in [0.15, 0.2) is 6.10 Å². The lowest BCUT2D eigenvalue weighted by Gasteiger charge is -2.21. The van der Waals surface area contributed by atoms with Gasteiger partial charge in [0.1, 0.15) is 6.61 Å². The number of hydrogen-bond acceptors (Lipinski definition) is 5. The fourth-order valence-electron chi connectivity index (χ4n) is 4.53. The van der Waals surface area contributed by atoms with Crippen LogP contribution in [0.1, 0.15) is 36.8 Å². The van der Waals surface area contributed by atoms with Crippen LogP contribution in [-0.4, -0.2) is 55.0 Å². The molecular weight excluding hydrogens is 424 g/mol. The molecule has 1 heterocycles. The molecule has 1 unspecified atom stereocenters. The molecule has 1 fully saturated rings. The zero-order valence-electron chi connectivity index (χ0n) is 18.5. The Balaban J connectivity index is 1.32. The molecule has 3 N–H and O–H groups in total. The van der Waals surface area contributed by atoms with E-state index in [1.165, 1.54) is 0 Å². The van der Waals surface area contributed by atoms with Crippen molar-refractivity contribution in [1.82, 2.24) is 10.6 Å². The number of carboxylic acid groups (broad SMARTS) is 1. The first-order chi connectivity index (χ1) is 15.9. The molecule has 2 aromatic carbocycles. The topological polar surface area (TPSA) is 114 Å². The van der Waals surface area contributed by atoms with E-state index in [0.717, 1.165) is 22.3 Å². The van der Waals surface area contributed by atoms with E-state index in [0.29, 0.717) is 13.0 Å². The molecular formula is C25H28N2O6. The molecule has 0 spiro atoms. The lowest BCUT2D eigenvalue weighted by atomic mass is 9.98. The molecule has 0 aromatic heterocycles. The second kappa shape index (κ2) is 10.0. The van der Waals surface area contributed by atoms with Crippen molar-refractivity contribution in [2.24, 2.45) is 5.92 Å². The maximum Gasteiger partial charge on any atom is 0.407 e. The molecule has 8 nitrogen and oxygen atoms in total. The summed E-state index contributed by atoms with van der Waals surface area (Å²) in [6, 6.07) is 15.7. The number of alkyl carbamates (subject to hydrolysis) is 1. The Morgan fingerprint density at radius 2 is 1.73 bits per heavy atom. The highest BCUT2D eigenvalue weighted by molar-refractivity contribution is 5.83. The first-order valence-electron chi connectivity index (χ1n) is 11.2.